The van der Waals surface area contributed by atoms with Gasteiger partial charge in [0.1, 0.15) is 0 Å². The van der Waals surface area contributed by atoms with Gasteiger partial charge >= 0.3 is 0 Å². The van der Waals surface area contributed by atoms with E-state index in [1.54, 1.807) is 0 Å². The summed E-state index contributed by atoms with van der Waals surface area (Å²) in [4.78, 5) is 0. The normalized spacial score (nSPS) is 26.2. The van der Waals surface area contributed by atoms with Gasteiger partial charge in [0.25, 0.3) is 0 Å². The van der Waals surface area contributed by atoms with Crippen molar-refractivity contribution in [1.29, 1.82) is 0 Å². The van der Waals surface area contributed by atoms with Crippen LogP contribution in [0.1, 0.15) is 70.6 Å². The van der Waals surface area contributed by atoms with Crippen molar-refractivity contribution in [2.75, 3.05) is 0 Å². The van der Waals surface area contributed by atoms with E-state index in [-0.39, 0.29) is 6.10 Å². The average Bonchev–Trinajstić information content (AvgIpc) is 2.22. The third-order valence-corrected chi connectivity index (χ3v) is 4.46. The molecule has 1 atom stereocenters. The van der Waals surface area contributed by atoms with Gasteiger partial charge < -0.3 is 5.11 Å². The van der Waals surface area contributed by atoms with Crippen LogP contribution in [0.4, 0.5) is 0 Å². The monoisotopic (exact) mass is 210 g/mol. The minimum atomic E-state index is 0.0113. The molecule has 0 radical (unpaired) electrons. The molecule has 0 saturated heterocycles. The van der Waals surface area contributed by atoms with Crippen molar-refractivity contribution in [3.8, 4) is 0 Å². The maximum Gasteiger partial charge on any atom is 0.0543 e. The van der Waals surface area contributed by atoms with Gasteiger partial charge in [0.05, 0.1) is 6.10 Å². The molecule has 1 heteroatoms. The van der Waals surface area contributed by atoms with E-state index in [1.807, 2.05) is 0 Å². The van der Waals surface area contributed by atoms with Crippen LogP contribution in [-0.4, -0.2) is 11.2 Å². The molecule has 0 heterocycles. The van der Waals surface area contributed by atoms with Gasteiger partial charge in [-0.05, 0) is 31.1 Å². The van der Waals surface area contributed by atoms with Crippen LogP contribution in [0.25, 0.3) is 0 Å². The lowest BCUT2D eigenvalue weighted by molar-refractivity contribution is 0.101. The van der Waals surface area contributed by atoms with E-state index in [0.717, 1.165) is 24.7 Å². The molecule has 1 unspecified atom stereocenters. The first kappa shape index (κ1) is 11.4. The first-order chi connectivity index (χ1) is 7.34. The summed E-state index contributed by atoms with van der Waals surface area (Å²) in [5.74, 6) is 1.81. The predicted octanol–water partition coefficient (Wildman–Crippen LogP) is 3.90. The van der Waals surface area contributed by atoms with Crippen molar-refractivity contribution in [1.82, 2.24) is 0 Å². The van der Waals surface area contributed by atoms with Gasteiger partial charge in [-0.3, -0.25) is 0 Å². The molecule has 2 aliphatic rings. The maximum atomic E-state index is 9.92. The lowest BCUT2D eigenvalue weighted by Crippen LogP contribution is -2.20. The van der Waals surface area contributed by atoms with Crippen molar-refractivity contribution in [2.24, 2.45) is 11.8 Å². The SMILES string of the molecule is OC(CCC1CCCCC1)CC1CCC1. The Hall–Kier alpha value is -0.0400. The number of aliphatic hydroxyl groups is 1. The minimum absolute atomic E-state index is 0.0113. The number of rotatable bonds is 5. The zero-order chi connectivity index (χ0) is 10.5. The van der Waals surface area contributed by atoms with Gasteiger partial charge in [0, 0.05) is 0 Å². The van der Waals surface area contributed by atoms with Crippen LogP contribution in [0, 0.1) is 11.8 Å². The Kier molecular flexibility index (Phi) is 4.49. The van der Waals surface area contributed by atoms with Gasteiger partial charge in [-0.1, -0.05) is 51.4 Å². The van der Waals surface area contributed by atoms with Crippen LogP contribution in [-0.2, 0) is 0 Å². The smallest absolute Gasteiger partial charge is 0.0543 e. The molecule has 88 valence electrons. The molecule has 0 aliphatic heterocycles. The summed E-state index contributed by atoms with van der Waals surface area (Å²) in [7, 11) is 0. The highest BCUT2D eigenvalue weighted by Gasteiger charge is 2.21. The summed E-state index contributed by atoms with van der Waals surface area (Å²) >= 11 is 0. The summed E-state index contributed by atoms with van der Waals surface area (Å²) in [6.07, 6.45) is 14.8. The fourth-order valence-corrected chi connectivity index (χ4v) is 3.14. The minimum Gasteiger partial charge on any atom is -0.393 e. The van der Waals surface area contributed by atoms with E-state index < -0.39 is 0 Å². The topological polar surface area (TPSA) is 20.2 Å². The second kappa shape index (κ2) is 5.89. The fraction of sp³-hybridized carbons (Fsp3) is 1.00. The largest absolute Gasteiger partial charge is 0.393 e. The highest BCUT2D eigenvalue weighted by Crippen LogP contribution is 2.33. The van der Waals surface area contributed by atoms with Crippen LogP contribution in [0.3, 0.4) is 0 Å². The molecule has 2 rings (SSSR count). The Morgan fingerprint density at radius 2 is 1.53 bits per heavy atom. The maximum absolute atomic E-state index is 9.92. The first-order valence-electron chi connectivity index (χ1n) is 7.02. The summed E-state index contributed by atoms with van der Waals surface area (Å²) in [5, 5.41) is 9.92. The van der Waals surface area contributed by atoms with Crippen molar-refractivity contribution >= 4 is 0 Å². The van der Waals surface area contributed by atoms with E-state index in [9.17, 15) is 5.11 Å². The Bertz CT molecular complexity index is 168. The summed E-state index contributed by atoms with van der Waals surface area (Å²) in [6.45, 7) is 0. The zero-order valence-electron chi connectivity index (χ0n) is 9.96. The Balaban J connectivity index is 1.55. The Labute approximate surface area is 94.3 Å². The molecule has 2 saturated carbocycles. The van der Waals surface area contributed by atoms with Gasteiger partial charge in [0.15, 0.2) is 0 Å². The molecule has 0 spiro atoms. The van der Waals surface area contributed by atoms with Gasteiger partial charge in [-0.15, -0.1) is 0 Å². The molecule has 0 aromatic rings. The van der Waals surface area contributed by atoms with Crippen molar-refractivity contribution < 1.29 is 5.11 Å². The second-order valence-electron chi connectivity index (χ2n) is 5.77. The van der Waals surface area contributed by atoms with Crippen molar-refractivity contribution in [3.05, 3.63) is 0 Å². The van der Waals surface area contributed by atoms with E-state index in [2.05, 4.69) is 0 Å². The van der Waals surface area contributed by atoms with Gasteiger partial charge in [0.2, 0.25) is 0 Å². The molecule has 0 aromatic carbocycles. The number of hydrogen-bond acceptors (Lipinski definition) is 1. The van der Waals surface area contributed by atoms with Crippen LogP contribution in [0.2, 0.25) is 0 Å². The van der Waals surface area contributed by atoms with E-state index in [1.165, 1.54) is 57.8 Å². The highest BCUT2D eigenvalue weighted by molar-refractivity contribution is 4.74. The summed E-state index contributed by atoms with van der Waals surface area (Å²) < 4.78 is 0. The molecule has 2 aliphatic carbocycles. The summed E-state index contributed by atoms with van der Waals surface area (Å²) in [5.41, 5.74) is 0. The van der Waals surface area contributed by atoms with E-state index in [4.69, 9.17) is 0 Å². The molecule has 0 amide bonds. The van der Waals surface area contributed by atoms with Crippen LogP contribution in [0.5, 0.6) is 0 Å². The van der Waals surface area contributed by atoms with Crippen LogP contribution >= 0.6 is 0 Å². The lowest BCUT2D eigenvalue weighted by Gasteiger charge is -2.28. The van der Waals surface area contributed by atoms with E-state index in [0.29, 0.717) is 0 Å². The molecular formula is C14H26O. The first-order valence-corrected chi connectivity index (χ1v) is 7.02. The fourth-order valence-electron chi connectivity index (χ4n) is 3.14. The second-order valence-corrected chi connectivity index (χ2v) is 5.77. The molecule has 0 bridgehead atoms. The predicted molar refractivity (Wildman–Crippen MR) is 63.8 cm³/mol. The van der Waals surface area contributed by atoms with E-state index >= 15 is 0 Å². The number of hydrogen-bond donors (Lipinski definition) is 1. The standard InChI is InChI=1S/C14H26O/c15-14(11-13-7-4-8-13)10-9-12-5-2-1-3-6-12/h12-15H,1-11H2. The molecule has 0 aromatic heterocycles. The molecule has 1 nitrogen and oxygen atoms in total. The quantitative estimate of drug-likeness (QED) is 0.729. The average molecular weight is 210 g/mol. The highest BCUT2D eigenvalue weighted by atomic mass is 16.3. The van der Waals surface area contributed by atoms with Gasteiger partial charge in [-0.2, -0.15) is 0 Å². The van der Waals surface area contributed by atoms with Crippen LogP contribution < -0.4 is 0 Å². The molecule has 15 heavy (non-hydrogen) atoms. The zero-order valence-corrected chi connectivity index (χ0v) is 9.96. The Morgan fingerprint density at radius 3 is 2.13 bits per heavy atom. The number of aliphatic hydroxyl groups excluding tert-OH is 1. The third-order valence-electron chi connectivity index (χ3n) is 4.46. The third kappa shape index (κ3) is 3.79. The van der Waals surface area contributed by atoms with Crippen molar-refractivity contribution in [2.45, 2.75) is 76.7 Å². The van der Waals surface area contributed by atoms with Crippen LogP contribution in [0.15, 0.2) is 0 Å². The molecule has 2 fully saturated rings. The summed E-state index contributed by atoms with van der Waals surface area (Å²) in [6, 6.07) is 0. The Morgan fingerprint density at radius 1 is 0.867 bits per heavy atom. The van der Waals surface area contributed by atoms with Crippen molar-refractivity contribution in [3.63, 3.8) is 0 Å². The molecule has 1 N–H and O–H groups in total. The molecular weight excluding hydrogens is 184 g/mol. The lowest BCUT2D eigenvalue weighted by atomic mass is 9.79. The van der Waals surface area contributed by atoms with Gasteiger partial charge in [-0.25, -0.2) is 0 Å².